The van der Waals surface area contributed by atoms with Gasteiger partial charge < -0.3 is 9.84 Å². The van der Waals surface area contributed by atoms with Crippen LogP contribution in [0.3, 0.4) is 0 Å². The molecule has 0 fully saturated rings. The van der Waals surface area contributed by atoms with Gasteiger partial charge >= 0.3 is 12.1 Å². The molecule has 0 aliphatic heterocycles. The molecule has 0 aliphatic carbocycles. The molecule has 0 saturated heterocycles. The lowest BCUT2D eigenvalue weighted by Crippen LogP contribution is -2.39. The topological polar surface area (TPSA) is 58.6 Å². The normalized spacial score (nSPS) is 13.2. The zero-order valence-corrected chi connectivity index (χ0v) is 11.3. The SMILES string of the molecule is COCC(NCc1cc(C(F)(F)F)ccc1Cl)C(=O)O. The molecule has 1 aromatic carbocycles. The Hall–Kier alpha value is -1.31. The third-order valence-corrected chi connectivity index (χ3v) is 2.91. The lowest BCUT2D eigenvalue weighted by atomic mass is 10.1. The van der Waals surface area contributed by atoms with E-state index in [0.29, 0.717) is 0 Å². The second-order valence-electron chi connectivity index (χ2n) is 4.03. The summed E-state index contributed by atoms with van der Waals surface area (Å²) in [6, 6.07) is 1.87. The molecule has 0 saturated carbocycles. The van der Waals surface area contributed by atoms with Crippen molar-refractivity contribution in [2.24, 2.45) is 0 Å². The van der Waals surface area contributed by atoms with Crippen molar-refractivity contribution in [3.8, 4) is 0 Å². The Kier molecular flexibility index (Phi) is 5.79. The van der Waals surface area contributed by atoms with Crippen LogP contribution in [0.5, 0.6) is 0 Å². The van der Waals surface area contributed by atoms with Crippen LogP contribution in [-0.4, -0.2) is 30.8 Å². The van der Waals surface area contributed by atoms with Crippen LogP contribution in [0.25, 0.3) is 0 Å². The zero-order valence-electron chi connectivity index (χ0n) is 10.5. The van der Waals surface area contributed by atoms with E-state index in [2.05, 4.69) is 5.32 Å². The highest BCUT2D eigenvalue weighted by atomic mass is 35.5. The fourth-order valence-corrected chi connectivity index (χ4v) is 1.69. The van der Waals surface area contributed by atoms with Gasteiger partial charge in [-0.3, -0.25) is 10.1 Å². The summed E-state index contributed by atoms with van der Waals surface area (Å²) in [6.45, 7) is -0.213. The molecule has 0 aromatic heterocycles. The highest BCUT2D eigenvalue weighted by molar-refractivity contribution is 6.31. The number of halogens is 4. The number of alkyl halides is 3. The quantitative estimate of drug-likeness (QED) is 0.847. The van der Waals surface area contributed by atoms with Gasteiger partial charge in [-0.2, -0.15) is 13.2 Å². The third-order valence-electron chi connectivity index (χ3n) is 2.54. The second kappa shape index (κ2) is 6.92. The fraction of sp³-hybridized carbons (Fsp3) is 0.417. The zero-order chi connectivity index (χ0) is 15.3. The van der Waals surface area contributed by atoms with Crippen molar-refractivity contribution < 1.29 is 27.8 Å². The summed E-state index contributed by atoms with van der Waals surface area (Å²) in [7, 11) is 1.33. The van der Waals surface area contributed by atoms with Gasteiger partial charge in [0, 0.05) is 18.7 Å². The van der Waals surface area contributed by atoms with Crippen molar-refractivity contribution in [2.75, 3.05) is 13.7 Å². The van der Waals surface area contributed by atoms with Crippen LogP contribution in [-0.2, 0) is 22.3 Å². The first-order chi connectivity index (χ1) is 9.25. The van der Waals surface area contributed by atoms with Gasteiger partial charge in [-0.05, 0) is 23.8 Å². The summed E-state index contributed by atoms with van der Waals surface area (Å²) in [5.41, 5.74) is -0.666. The average Bonchev–Trinajstić information content (AvgIpc) is 2.34. The van der Waals surface area contributed by atoms with E-state index < -0.39 is 23.8 Å². The standard InChI is InChI=1S/C12H13ClF3NO3/c1-20-6-10(11(18)19)17-5-7-4-8(12(14,15)16)2-3-9(7)13/h2-4,10,17H,5-6H2,1H3,(H,18,19). The summed E-state index contributed by atoms with van der Waals surface area (Å²) in [6.07, 6.45) is -4.47. The number of hydrogen-bond acceptors (Lipinski definition) is 3. The number of benzene rings is 1. The summed E-state index contributed by atoms with van der Waals surface area (Å²) in [5, 5.41) is 11.6. The predicted octanol–water partition coefficient (Wildman–Crippen LogP) is 2.55. The first kappa shape index (κ1) is 16.7. The molecular weight excluding hydrogens is 299 g/mol. The third kappa shape index (κ3) is 4.66. The Labute approximate surface area is 118 Å². The van der Waals surface area contributed by atoms with Gasteiger partial charge in [-0.15, -0.1) is 0 Å². The molecule has 4 nitrogen and oxygen atoms in total. The molecule has 0 heterocycles. The predicted molar refractivity (Wildman–Crippen MR) is 66.6 cm³/mol. The molecule has 0 radical (unpaired) electrons. The van der Waals surface area contributed by atoms with Crippen LogP contribution in [0.1, 0.15) is 11.1 Å². The van der Waals surface area contributed by atoms with Crippen molar-refractivity contribution in [1.29, 1.82) is 0 Å². The first-order valence-corrected chi connectivity index (χ1v) is 5.94. The number of carboxylic acids is 1. The summed E-state index contributed by atoms with van der Waals surface area (Å²) in [4.78, 5) is 10.9. The largest absolute Gasteiger partial charge is 0.480 e. The van der Waals surface area contributed by atoms with Crippen LogP contribution in [0.2, 0.25) is 5.02 Å². The van der Waals surface area contributed by atoms with Gasteiger partial charge in [0.15, 0.2) is 0 Å². The number of aliphatic carboxylic acids is 1. The number of hydrogen-bond donors (Lipinski definition) is 2. The van der Waals surface area contributed by atoms with Crippen LogP contribution in [0.15, 0.2) is 18.2 Å². The lowest BCUT2D eigenvalue weighted by Gasteiger charge is -2.15. The minimum Gasteiger partial charge on any atom is -0.480 e. The Morgan fingerprint density at radius 3 is 2.65 bits per heavy atom. The summed E-state index contributed by atoms with van der Waals surface area (Å²) in [5.74, 6) is -1.16. The minimum atomic E-state index is -4.47. The molecule has 0 bridgehead atoms. The summed E-state index contributed by atoms with van der Waals surface area (Å²) >= 11 is 5.80. The van der Waals surface area contributed by atoms with Crippen LogP contribution in [0.4, 0.5) is 13.2 Å². The molecular formula is C12H13ClF3NO3. The molecule has 1 unspecified atom stereocenters. The first-order valence-electron chi connectivity index (χ1n) is 5.56. The van der Waals surface area contributed by atoms with Crippen LogP contribution >= 0.6 is 11.6 Å². The van der Waals surface area contributed by atoms with E-state index in [-0.39, 0.29) is 23.7 Å². The maximum Gasteiger partial charge on any atom is 0.416 e. The van der Waals surface area contributed by atoms with E-state index in [1.165, 1.54) is 7.11 Å². The minimum absolute atomic E-state index is 0.105. The van der Waals surface area contributed by atoms with Crippen molar-refractivity contribution in [3.05, 3.63) is 34.3 Å². The van der Waals surface area contributed by atoms with E-state index in [9.17, 15) is 18.0 Å². The number of rotatable bonds is 6. The Balaban J connectivity index is 2.84. The number of carboxylic acid groups (broad SMARTS) is 1. The van der Waals surface area contributed by atoms with E-state index in [4.69, 9.17) is 21.4 Å². The molecule has 1 atom stereocenters. The number of methoxy groups -OCH3 is 1. The molecule has 1 rings (SSSR count). The number of carbonyl (C=O) groups is 1. The van der Waals surface area contributed by atoms with Gasteiger partial charge in [-0.1, -0.05) is 11.6 Å². The highest BCUT2D eigenvalue weighted by Gasteiger charge is 2.31. The Morgan fingerprint density at radius 2 is 2.15 bits per heavy atom. The van der Waals surface area contributed by atoms with E-state index in [1.807, 2.05) is 0 Å². The number of ether oxygens (including phenoxy) is 1. The highest BCUT2D eigenvalue weighted by Crippen LogP contribution is 2.31. The molecule has 0 amide bonds. The van der Waals surface area contributed by atoms with Crippen molar-refractivity contribution in [1.82, 2.24) is 5.32 Å². The van der Waals surface area contributed by atoms with E-state index in [1.54, 1.807) is 0 Å². The second-order valence-corrected chi connectivity index (χ2v) is 4.44. The molecule has 0 aliphatic rings. The Bertz CT molecular complexity index is 480. The van der Waals surface area contributed by atoms with Gasteiger partial charge in [-0.25, -0.2) is 0 Å². The van der Waals surface area contributed by atoms with E-state index >= 15 is 0 Å². The average molecular weight is 312 g/mol. The molecule has 2 N–H and O–H groups in total. The fourth-order valence-electron chi connectivity index (χ4n) is 1.50. The maximum atomic E-state index is 12.6. The molecule has 0 spiro atoms. The van der Waals surface area contributed by atoms with Crippen LogP contribution in [0, 0.1) is 0 Å². The van der Waals surface area contributed by atoms with Crippen molar-refractivity contribution in [2.45, 2.75) is 18.8 Å². The van der Waals surface area contributed by atoms with Gasteiger partial charge in [0.25, 0.3) is 0 Å². The van der Waals surface area contributed by atoms with E-state index in [0.717, 1.165) is 18.2 Å². The monoisotopic (exact) mass is 311 g/mol. The number of nitrogens with one attached hydrogen (secondary N) is 1. The smallest absolute Gasteiger partial charge is 0.416 e. The molecule has 20 heavy (non-hydrogen) atoms. The van der Waals surface area contributed by atoms with Crippen molar-refractivity contribution in [3.63, 3.8) is 0 Å². The van der Waals surface area contributed by atoms with Gasteiger partial charge in [0.2, 0.25) is 0 Å². The van der Waals surface area contributed by atoms with Crippen molar-refractivity contribution >= 4 is 17.6 Å². The maximum absolute atomic E-state index is 12.6. The summed E-state index contributed by atoms with van der Waals surface area (Å²) < 4.78 is 42.4. The Morgan fingerprint density at radius 1 is 1.50 bits per heavy atom. The molecule has 1 aromatic rings. The van der Waals surface area contributed by atoms with Gasteiger partial charge in [0.1, 0.15) is 6.04 Å². The lowest BCUT2D eigenvalue weighted by molar-refractivity contribution is -0.141. The van der Waals surface area contributed by atoms with Gasteiger partial charge in [0.05, 0.1) is 12.2 Å². The van der Waals surface area contributed by atoms with Crippen LogP contribution < -0.4 is 5.32 Å². The molecule has 112 valence electrons. The molecule has 8 heteroatoms.